The standard InChI is InChI=1S/C21H22F3N3O4/c22-15-8-13-16(27(12-3-4-12)10-14(18(13)28)20(29)30)19(31-21(23)24)17(15)26-7-1-2-11(9-26)5-6-25/h5,8,10,12,21H,1-4,6-7,9,25H2,(H,29,30). The molecule has 1 aromatic carbocycles. The minimum atomic E-state index is -3.26. The minimum Gasteiger partial charge on any atom is -0.477 e. The van der Waals surface area contributed by atoms with Crippen molar-refractivity contribution in [3.63, 3.8) is 0 Å². The number of pyridine rings is 1. The Labute approximate surface area is 175 Å². The molecule has 0 spiro atoms. The molecule has 10 heteroatoms. The van der Waals surface area contributed by atoms with Gasteiger partial charge in [0.05, 0.1) is 10.9 Å². The molecule has 2 heterocycles. The van der Waals surface area contributed by atoms with Crippen molar-refractivity contribution >= 4 is 22.6 Å². The molecule has 0 atom stereocenters. The van der Waals surface area contributed by atoms with Crippen LogP contribution in [0.5, 0.6) is 5.75 Å². The number of rotatable bonds is 6. The van der Waals surface area contributed by atoms with Crippen LogP contribution in [0.3, 0.4) is 0 Å². The number of aromatic nitrogens is 1. The molecule has 166 valence electrons. The molecule has 0 unspecified atom stereocenters. The molecule has 7 nitrogen and oxygen atoms in total. The van der Waals surface area contributed by atoms with Crippen LogP contribution in [0, 0.1) is 5.82 Å². The van der Waals surface area contributed by atoms with Crippen LogP contribution in [0.15, 0.2) is 28.7 Å². The van der Waals surface area contributed by atoms with E-state index in [-0.39, 0.29) is 22.6 Å². The number of hydrogen-bond donors (Lipinski definition) is 2. The Kier molecular flexibility index (Phi) is 5.65. The second-order valence-electron chi connectivity index (χ2n) is 7.75. The summed E-state index contributed by atoms with van der Waals surface area (Å²) in [5, 5.41) is 9.10. The Morgan fingerprint density at radius 3 is 2.74 bits per heavy atom. The molecule has 31 heavy (non-hydrogen) atoms. The molecule has 1 aliphatic carbocycles. The third-order valence-corrected chi connectivity index (χ3v) is 5.62. The second kappa shape index (κ2) is 8.26. The number of carboxylic acids is 1. The van der Waals surface area contributed by atoms with E-state index in [4.69, 9.17) is 10.5 Å². The lowest BCUT2D eigenvalue weighted by Crippen LogP contribution is -2.33. The van der Waals surface area contributed by atoms with E-state index in [2.05, 4.69) is 0 Å². The highest BCUT2D eigenvalue weighted by atomic mass is 19.3. The number of nitrogens with zero attached hydrogens (tertiary/aromatic N) is 2. The summed E-state index contributed by atoms with van der Waals surface area (Å²) in [5.41, 5.74) is 4.89. The number of halogens is 3. The number of carbonyl (C=O) groups is 1. The van der Waals surface area contributed by atoms with Gasteiger partial charge < -0.3 is 25.0 Å². The van der Waals surface area contributed by atoms with Gasteiger partial charge in [0.1, 0.15) is 11.3 Å². The number of ether oxygens (including phenoxy) is 1. The zero-order valence-corrected chi connectivity index (χ0v) is 16.6. The summed E-state index contributed by atoms with van der Waals surface area (Å²) < 4.78 is 48.4. The summed E-state index contributed by atoms with van der Waals surface area (Å²) in [6.45, 7) is -2.25. The average Bonchev–Trinajstić information content (AvgIpc) is 3.54. The number of alkyl halides is 2. The van der Waals surface area contributed by atoms with Crippen molar-refractivity contribution in [2.75, 3.05) is 24.5 Å². The molecule has 2 aliphatic rings. The Morgan fingerprint density at radius 2 is 2.13 bits per heavy atom. The Morgan fingerprint density at radius 1 is 1.39 bits per heavy atom. The van der Waals surface area contributed by atoms with Crippen LogP contribution in [0.2, 0.25) is 0 Å². The maximum atomic E-state index is 15.3. The highest BCUT2D eigenvalue weighted by Gasteiger charge is 2.33. The van der Waals surface area contributed by atoms with Crippen molar-refractivity contribution < 1.29 is 27.8 Å². The van der Waals surface area contributed by atoms with Gasteiger partial charge in [0.25, 0.3) is 0 Å². The van der Waals surface area contributed by atoms with Crippen LogP contribution in [0.4, 0.5) is 18.9 Å². The molecule has 1 saturated heterocycles. The Bertz CT molecular complexity index is 1130. The van der Waals surface area contributed by atoms with Gasteiger partial charge in [-0.05, 0) is 31.7 Å². The minimum absolute atomic E-state index is 0.0101. The van der Waals surface area contributed by atoms with Crippen molar-refractivity contribution in [1.82, 2.24) is 4.57 Å². The van der Waals surface area contributed by atoms with Gasteiger partial charge in [-0.15, -0.1) is 0 Å². The molecule has 3 N–H and O–H groups in total. The van der Waals surface area contributed by atoms with Crippen molar-refractivity contribution in [3.05, 3.63) is 45.5 Å². The molecule has 2 fully saturated rings. The molecular weight excluding hydrogens is 415 g/mol. The van der Waals surface area contributed by atoms with Gasteiger partial charge in [0, 0.05) is 31.9 Å². The summed E-state index contributed by atoms with van der Waals surface area (Å²) >= 11 is 0. The van der Waals surface area contributed by atoms with Crippen LogP contribution in [0.25, 0.3) is 10.9 Å². The molecule has 0 radical (unpaired) electrons. The first-order valence-corrected chi connectivity index (χ1v) is 10.0. The van der Waals surface area contributed by atoms with Crippen LogP contribution in [-0.2, 0) is 0 Å². The molecule has 1 aromatic heterocycles. The van der Waals surface area contributed by atoms with Crippen LogP contribution >= 0.6 is 0 Å². The fourth-order valence-electron chi connectivity index (χ4n) is 4.16. The zero-order valence-electron chi connectivity index (χ0n) is 16.6. The monoisotopic (exact) mass is 437 g/mol. The van der Waals surface area contributed by atoms with Crippen molar-refractivity contribution in [3.8, 4) is 5.75 Å². The van der Waals surface area contributed by atoms with Gasteiger partial charge in [-0.25, -0.2) is 9.18 Å². The highest BCUT2D eigenvalue weighted by molar-refractivity contribution is 5.97. The van der Waals surface area contributed by atoms with Crippen molar-refractivity contribution in [2.24, 2.45) is 5.73 Å². The van der Waals surface area contributed by atoms with Gasteiger partial charge in [0.15, 0.2) is 11.6 Å². The van der Waals surface area contributed by atoms with Crippen molar-refractivity contribution in [2.45, 2.75) is 38.3 Å². The normalized spacial score (nSPS) is 18.2. The predicted molar refractivity (Wildman–Crippen MR) is 109 cm³/mol. The summed E-state index contributed by atoms with van der Waals surface area (Å²) in [4.78, 5) is 25.9. The van der Waals surface area contributed by atoms with E-state index in [1.54, 1.807) is 4.90 Å². The highest BCUT2D eigenvalue weighted by Crippen LogP contribution is 2.45. The lowest BCUT2D eigenvalue weighted by Gasteiger charge is -2.33. The van der Waals surface area contributed by atoms with E-state index in [0.717, 1.165) is 24.3 Å². The zero-order chi connectivity index (χ0) is 22.3. The fourth-order valence-corrected chi connectivity index (χ4v) is 4.16. The third-order valence-electron chi connectivity index (χ3n) is 5.62. The first-order valence-electron chi connectivity index (χ1n) is 10.0. The fraction of sp³-hybridized carbons (Fsp3) is 0.429. The molecule has 1 saturated carbocycles. The van der Waals surface area contributed by atoms with Crippen LogP contribution < -0.4 is 20.8 Å². The summed E-state index contributed by atoms with van der Waals surface area (Å²) in [6, 6.07) is 0.756. The van der Waals surface area contributed by atoms with E-state index in [9.17, 15) is 23.5 Å². The molecule has 0 bridgehead atoms. The number of hydrogen-bond acceptors (Lipinski definition) is 5. The number of benzene rings is 1. The topological polar surface area (TPSA) is 97.8 Å². The Balaban J connectivity index is 2.01. The van der Waals surface area contributed by atoms with Crippen LogP contribution in [0.1, 0.15) is 42.1 Å². The van der Waals surface area contributed by atoms with E-state index >= 15 is 4.39 Å². The number of anilines is 1. The molecule has 1 aliphatic heterocycles. The Hall–Kier alpha value is -3.01. The number of piperidine rings is 1. The largest absolute Gasteiger partial charge is 0.477 e. The SMILES string of the molecule is NCC=C1CCCN(c2c(F)cc3c(=O)c(C(=O)O)cn(C4CC4)c3c2OC(F)F)C1. The quantitative estimate of drug-likeness (QED) is 0.674. The van der Waals surface area contributed by atoms with Gasteiger partial charge in [-0.1, -0.05) is 11.6 Å². The summed E-state index contributed by atoms with van der Waals surface area (Å²) in [6.07, 6.45) is 5.77. The molecule has 0 amide bonds. The van der Waals surface area contributed by atoms with E-state index in [1.807, 2.05) is 6.08 Å². The molecule has 4 rings (SSSR count). The smallest absolute Gasteiger partial charge is 0.387 e. The predicted octanol–water partition coefficient (Wildman–Crippen LogP) is 3.26. The van der Waals surface area contributed by atoms with E-state index in [0.29, 0.717) is 38.9 Å². The summed E-state index contributed by atoms with van der Waals surface area (Å²) in [7, 11) is 0. The van der Waals surface area contributed by atoms with Gasteiger partial charge >= 0.3 is 12.6 Å². The average molecular weight is 437 g/mol. The van der Waals surface area contributed by atoms with Crippen LogP contribution in [-0.4, -0.2) is 41.9 Å². The number of nitrogens with two attached hydrogens (primary N) is 1. The van der Waals surface area contributed by atoms with Gasteiger partial charge in [-0.2, -0.15) is 8.78 Å². The van der Waals surface area contributed by atoms with Gasteiger partial charge in [-0.3, -0.25) is 4.79 Å². The first-order chi connectivity index (χ1) is 14.8. The van der Waals surface area contributed by atoms with Gasteiger partial charge in [0.2, 0.25) is 5.43 Å². The number of carboxylic acid groups (broad SMARTS) is 1. The second-order valence-corrected chi connectivity index (χ2v) is 7.75. The lowest BCUT2D eigenvalue weighted by atomic mass is 10.0. The summed E-state index contributed by atoms with van der Waals surface area (Å²) in [5.74, 6) is -2.83. The van der Waals surface area contributed by atoms with Crippen molar-refractivity contribution in [1.29, 1.82) is 0 Å². The maximum absolute atomic E-state index is 15.3. The molecular formula is C21H22F3N3O4. The van der Waals surface area contributed by atoms with E-state index < -0.39 is 35.1 Å². The third kappa shape index (κ3) is 3.99. The lowest BCUT2D eigenvalue weighted by molar-refractivity contribution is -0.0488. The van der Waals surface area contributed by atoms with E-state index in [1.165, 1.54) is 4.57 Å². The molecule has 2 aromatic rings. The first kappa shape index (κ1) is 21.2. The number of aromatic carboxylic acids is 1. The number of fused-ring (bicyclic) bond motifs is 1. The maximum Gasteiger partial charge on any atom is 0.387 e.